The molecule has 0 aromatic rings. The third-order valence-electron chi connectivity index (χ3n) is 0.118. The van der Waals surface area contributed by atoms with Crippen molar-refractivity contribution in [1.82, 2.24) is 5.23 Å². The first-order chi connectivity index (χ1) is 1.91. The predicted octanol–water partition coefficient (Wildman–Crippen LogP) is -1.42. The molecule has 4 heavy (non-hydrogen) atoms. The average Bonchev–Trinajstić information content (AvgIpc) is 1.37. The molecule has 2 nitrogen and oxygen atoms in total. The molecule has 0 saturated heterocycles. The largest absolute Gasteiger partial charge is 0.355 e. The Balaban J connectivity index is 1.97. The Morgan fingerprint density at radius 1 is 2.00 bits per heavy atom. The van der Waals surface area contributed by atoms with Crippen LogP contribution < -0.4 is 11.0 Å². The summed E-state index contributed by atoms with van der Waals surface area (Å²) in [6, 6.07) is 0. The SMILES string of the molecule is [B]NCN. The second kappa shape index (κ2) is 2.98. The molecule has 0 unspecified atom stereocenters. The molecule has 0 fully saturated rings. The third-order valence-corrected chi connectivity index (χ3v) is 0.118. The van der Waals surface area contributed by atoms with E-state index in [9.17, 15) is 0 Å². The number of hydrogen-bond donors (Lipinski definition) is 2. The highest BCUT2D eigenvalue weighted by atomic mass is 14.9. The van der Waals surface area contributed by atoms with Gasteiger partial charge in [-0.3, -0.25) is 0 Å². The molecule has 2 radical (unpaired) electrons. The monoisotopic (exact) mass is 56.1 g/mol. The number of rotatable bonds is 1. The van der Waals surface area contributed by atoms with Crippen molar-refractivity contribution in [2.75, 3.05) is 6.67 Å². The zero-order chi connectivity index (χ0) is 3.41. The highest BCUT2D eigenvalue weighted by Crippen LogP contribution is 1.12. The van der Waals surface area contributed by atoms with Gasteiger partial charge >= 0.3 is 0 Å². The zero-order valence-electron chi connectivity index (χ0n) is 2.36. The summed E-state index contributed by atoms with van der Waals surface area (Å²) in [5.41, 5.74) is 4.79. The van der Waals surface area contributed by atoms with Gasteiger partial charge in [-0.1, -0.05) is 0 Å². The molecule has 0 rings (SSSR count). The summed E-state index contributed by atoms with van der Waals surface area (Å²) in [4.78, 5) is 0. The lowest BCUT2D eigenvalue weighted by atomic mass is 10.5. The van der Waals surface area contributed by atoms with Crippen LogP contribution in [0.5, 0.6) is 0 Å². The minimum Gasteiger partial charge on any atom is -0.355 e. The van der Waals surface area contributed by atoms with E-state index in [1.807, 2.05) is 0 Å². The third kappa shape index (κ3) is 1.98. The fraction of sp³-hybridized carbons (Fsp3) is 1.00. The molecule has 0 atom stereocenters. The zero-order valence-corrected chi connectivity index (χ0v) is 2.36. The Hall–Kier alpha value is -0.0151. The first-order valence-corrected chi connectivity index (χ1v) is 1.05. The van der Waals surface area contributed by atoms with Crippen LogP contribution in [-0.4, -0.2) is 14.6 Å². The molecule has 0 spiro atoms. The van der Waals surface area contributed by atoms with Crippen LogP contribution in [0.1, 0.15) is 0 Å². The molecule has 0 aromatic carbocycles. The van der Waals surface area contributed by atoms with Gasteiger partial charge in [0.2, 0.25) is 0 Å². The molecular formula is CH5BN2. The Bertz CT molecular complexity index is 8.00. The normalized spacial score (nSPS) is 7.25. The van der Waals surface area contributed by atoms with E-state index in [4.69, 9.17) is 5.73 Å². The van der Waals surface area contributed by atoms with Gasteiger partial charge in [0.15, 0.2) is 7.98 Å². The van der Waals surface area contributed by atoms with E-state index < -0.39 is 0 Å². The fourth-order valence-electron chi connectivity index (χ4n) is 0. The van der Waals surface area contributed by atoms with Gasteiger partial charge in [-0.25, -0.2) is 0 Å². The Morgan fingerprint density at radius 2 is 2.25 bits per heavy atom. The van der Waals surface area contributed by atoms with Gasteiger partial charge in [0.25, 0.3) is 0 Å². The molecule has 0 aliphatic heterocycles. The highest BCUT2D eigenvalue weighted by Gasteiger charge is 1.50. The molecular weight excluding hydrogens is 50.8 g/mol. The van der Waals surface area contributed by atoms with E-state index in [1.165, 1.54) is 0 Å². The van der Waals surface area contributed by atoms with E-state index >= 15 is 0 Å². The summed E-state index contributed by atoms with van der Waals surface area (Å²) >= 11 is 0. The molecule has 3 heteroatoms. The molecule has 0 bridgehead atoms. The molecule has 0 aliphatic rings. The minimum atomic E-state index is 0.347. The molecule has 0 aromatic heterocycles. The van der Waals surface area contributed by atoms with Crippen molar-refractivity contribution in [2.24, 2.45) is 5.73 Å². The lowest BCUT2D eigenvalue weighted by molar-refractivity contribution is 0.972. The highest BCUT2D eigenvalue weighted by molar-refractivity contribution is 6.04. The maximum atomic E-state index is 4.79. The Kier molecular flexibility index (Phi) is 2.97. The van der Waals surface area contributed by atoms with Gasteiger partial charge in [0, 0.05) is 6.67 Å². The van der Waals surface area contributed by atoms with Crippen molar-refractivity contribution in [3.8, 4) is 0 Å². The van der Waals surface area contributed by atoms with Crippen molar-refractivity contribution < 1.29 is 0 Å². The van der Waals surface area contributed by atoms with E-state index in [0.717, 1.165) is 0 Å². The van der Waals surface area contributed by atoms with Crippen molar-refractivity contribution in [3.63, 3.8) is 0 Å². The maximum absolute atomic E-state index is 4.79. The minimum absolute atomic E-state index is 0.347. The number of nitrogens with two attached hydrogens (primary N) is 1. The van der Waals surface area contributed by atoms with Crippen LogP contribution in [0.25, 0.3) is 0 Å². The average molecular weight is 55.9 g/mol. The van der Waals surface area contributed by atoms with Crippen LogP contribution >= 0.6 is 0 Å². The summed E-state index contributed by atoms with van der Waals surface area (Å²) in [6.07, 6.45) is 0. The van der Waals surface area contributed by atoms with Crippen LogP contribution in [0.3, 0.4) is 0 Å². The van der Waals surface area contributed by atoms with Gasteiger partial charge in [-0.2, -0.15) is 0 Å². The van der Waals surface area contributed by atoms with Gasteiger partial charge in [-0.15, -0.1) is 0 Å². The molecule has 0 aliphatic carbocycles. The van der Waals surface area contributed by atoms with Gasteiger partial charge in [-0.05, 0) is 0 Å². The molecule has 0 amide bonds. The number of nitrogens with one attached hydrogen (secondary N) is 1. The summed E-state index contributed by atoms with van der Waals surface area (Å²) in [5.74, 6) is 0. The summed E-state index contributed by atoms with van der Waals surface area (Å²) in [6.45, 7) is 0.347. The van der Waals surface area contributed by atoms with Gasteiger partial charge in [0.05, 0.1) is 0 Å². The first kappa shape index (κ1) is 3.98. The summed E-state index contributed by atoms with van der Waals surface area (Å²) in [7, 11) is 4.65. The second-order valence-corrected chi connectivity index (χ2v) is 0.408. The molecule has 0 heterocycles. The van der Waals surface area contributed by atoms with Crippen LogP contribution in [-0.2, 0) is 0 Å². The lowest BCUT2D eigenvalue weighted by Crippen LogP contribution is -2.17. The smallest absolute Gasteiger partial charge is 0.179 e. The standard InChI is InChI=1S/CH5BN2/c2-4-1-3/h4H,1,3H2. The molecule has 22 valence electrons. The summed E-state index contributed by atoms with van der Waals surface area (Å²) < 4.78 is 0. The van der Waals surface area contributed by atoms with Gasteiger partial charge in [0.1, 0.15) is 0 Å². The predicted molar refractivity (Wildman–Crippen MR) is 17.9 cm³/mol. The molecule has 0 saturated carbocycles. The van der Waals surface area contributed by atoms with Crippen molar-refractivity contribution >= 4 is 7.98 Å². The quantitative estimate of drug-likeness (QED) is 0.285. The second-order valence-electron chi connectivity index (χ2n) is 0.408. The first-order valence-electron chi connectivity index (χ1n) is 1.05. The van der Waals surface area contributed by atoms with Crippen molar-refractivity contribution in [1.29, 1.82) is 0 Å². The van der Waals surface area contributed by atoms with E-state index in [1.54, 1.807) is 0 Å². The Morgan fingerprint density at radius 3 is 2.25 bits per heavy atom. The number of hydrogen-bond acceptors (Lipinski definition) is 2. The van der Waals surface area contributed by atoms with E-state index in [2.05, 4.69) is 13.2 Å². The van der Waals surface area contributed by atoms with Crippen LogP contribution in [0, 0.1) is 0 Å². The van der Waals surface area contributed by atoms with Crippen molar-refractivity contribution in [2.45, 2.75) is 0 Å². The topological polar surface area (TPSA) is 38.0 Å². The van der Waals surface area contributed by atoms with Gasteiger partial charge < -0.3 is 11.0 Å². The van der Waals surface area contributed by atoms with E-state index in [0.29, 0.717) is 6.67 Å². The maximum Gasteiger partial charge on any atom is 0.179 e. The molecule has 3 N–H and O–H groups in total. The van der Waals surface area contributed by atoms with Crippen molar-refractivity contribution in [3.05, 3.63) is 0 Å². The van der Waals surface area contributed by atoms with Crippen LogP contribution in [0.15, 0.2) is 0 Å². The van der Waals surface area contributed by atoms with E-state index in [-0.39, 0.29) is 0 Å². The van der Waals surface area contributed by atoms with Crippen LogP contribution in [0.2, 0.25) is 0 Å². The summed E-state index contributed by atoms with van der Waals surface area (Å²) in [5, 5.41) is 2.21. The lowest BCUT2D eigenvalue weighted by Gasteiger charge is -1.77. The Labute approximate surface area is 26.8 Å². The van der Waals surface area contributed by atoms with Crippen LogP contribution in [0.4, 0.5) is 0 Å². The fourth-order valence-corrected chi connectivity index (χ4v) is 0.